The first-order valence-electron chi connectivity index (χ1n) is 4.77. The second-order valence-corrected chi connectivity index (χ2v) is 5.23. The molecule has 1 aromatic heterocycles. The van der Waals surface area contributed by atoms with Crippen LogP contribution in [0.1, 0.15) is 16.8 Å². The Morgan fingerprint density at radius 1 is 1.47 bits per heavy atom. The third-order valence-electron chi connectivity index (χ3n) is 2.36. The van der Waals surface area contributed by atoms with Crippen LogP contribution in [0, 0.1) is 24.0 Å². The number of hydrogen-bond acceptors (Lipinski definition) is 5. The van der Waals surface area contributed by atoms with E-state index in [1.165, 1.54) is 13.1 Å². The molecule has 1 heterocycles. The number of aryl methyl sites for hydroxylation is 2. The van der Waals surface area contributed by atoms with Crippen molar-refractivity contribution in [2.75, 3.05) is 5.75 Å². The Labute approximate surface area is 98.4 Å². The van der Waals surface area contributed by atoms with E-state index in [9.17, 15) is 18.5 Å². The molecule has 0 bridgehead atoms. The van der Waals surface area contributed by atoms with Crippen LogP contribution in [0.25, 0.3) is 0 Å². The van der Waals surface area contributed by atoms with Gasteiger partial charge in [0.2, 0.25) is 0 Å². The smallest absolute Gasteiger partial charge is 0.278 e. The average Bonchev–Trinajstić information content (AvgIpc) is 2.14. The quantitative estimate of drug-likeness (QED) is 0.492. The van der Waals surface area contributed by atoms with Gasteiger partial charge < -0.3 is 0 Å². The molecule has 0 aliphatic heterocycles. The van der Waals surface area contributed by atoms with Gasteiger partial charge in [-0.05, 0) is 13.8 Å². The van der Waals surface area contributed by atoms with Gasteiger partial charge in [-0.3, -0.25) is 19.7 Å². The van der Waals surface area contributed by atoms with Crippen LogP contribution in [0.4, 0.5) is 5.69 Å². The van der Waals surface area contributed by atoms with Gasteiger partial charge in [-0.2, -0.15) is 8.42 Å². The van der Waals surface area contributed by atoms with E-state index in [-0.39, 0.29) is 12.1 Å². The standard InChI is InChI=1S/C9H12N2O5S/c1-6-5-10-8(3-4-17(14,15)16)7(2)9(6)11(12)13/h5H,3-4H2,1-2H3,(H,14,15,16). The molecule has 94 valence electrons. The van der Waals surface area contributed by atoms with Gasteiger partial charge in [0.15, 0.2) is 0 Å². The first-order chi connectivity index (χ1) is 7.72. The molecule has 0 saturated heterocycles. The molecular weight excluding hydrogens is 248 g/mol. The molecule has 0 unspecified atom stereocenters. The number of pyridine rings is 1. The molecule has 0 fully saturated rings. The summed E-state index contributed by atoms with van der Waals surface area (Å²) in [7, 11) is -4.09. The van der Waals surface area contributed by atoms with Gasteiger partial charge in [0.05, 0.1) is 16.4 Å². The van der Waals surface area contributed by atoms with Crippen molar-refractivity contribution in [1.82, 2.24) is 4.98 Å². The third kappa shape index (κ3) is 3.46. The van der Waals surface area contributed by atoms with Crippen LogP contribution in [0.3, 0.4) is 0 Å². The van der Waals surface area contributed by atoms with Gasteiger partial charge in [-0.25, -0.2) is 0 Å². The van der Waals surface area contributed by atoms with Crippen LogP contribution < -0.4 is 0 Å². The Morgan fingerprint density at radius 2 is 2.06 bits per heavy atom. The molecule has 1 aromatic rings. The van der Waals surface area contributed by atoms with Crippen molar-refractivity contribution in [3.05, 3.63) is 33.1 Å². The molecule has 17 heavy (non-hydrogen) atoms. The molecule has 0 saturated carbocycles. The van der Waals surface area contributed by atoms with Gasteiger partial charge in [0, 0.05) is 23.7 Å². The SMILES string of the molecule is Cc1cnc(CCS(=O)(=O)O)c(C)c1[N+](=O)[O-]. The maximum atomic E-state index is 10.8. The molecule has 1 N–H and O–H groups in total. The van der Waals surface area contributed by atoms with E-state index < -0.39 is 20.8 Å². The predicted molar refractivity (Wildman–Crippen MR) is 60.5 cm³/mol. The minimum absolute atomic E-state index is 0.0498. The largest absolute Gasteiger partial charge is 0.286 e. The molecular formula is C9H12N2O5S. The van der Waals surface area contributed by atoms with E-state index in [1.807, 2.05) is 0 Å². The van der Waals surface area contributed by atoms with Crippen molar-refractivity contribution in [2.24, 2.45) is 0 Å². The summed E-state index contributed by atoms with van der Waals surface area (Å²) in [4.78, 5) is 14.2. The number of aromatic nitrogens is 1. The van der Waals surface area contributed by atoms with Crippen molar-refractivity contribution >= 4 is 15.8 Å². The summed E-state index contributed by atoms with van der Waals surface area (Å²) in [5.74, 6) is -0.499. The second kappa shape index (κ2) is 4.76. The zero-order valence-electron chi connectivity index (χ0n) is 9.37. The summed E-state index contributed by atoms with van der Waals surface area (Å²) in [6.45, 7) is 3.07. The van der Waals surface area contributed by atoms with Crippen molar-refractivity contribution in [2.45, 2.75) is 20.3 Å². The van der Waals surface area contributed by atoms with Gasteiger partial charge in [0.25, 0.3) is 15.8 Å². The Morgan fingerprint density at radius 3 is 2.53 bits per heavy atom. The van der Waals surface area contributed by atoms with E-state index in [2.05, 4.69) is 4.98 Å². The first-order valence-corrected chi connectivity index (χ1v) is 6.38. The first kappa shape index (κ1) is 13.5. The zero-order chi connectivity index (χ0) is 13.2. The van der Waals surface area contributed by atoms with E-state index in [1.54, 1.807) is 6.92 Å². The lowest BCUT2D eigenvalue weighted by molar-refractivity contribution is -0.386. The van der Waals surface area contributed by atoms with Crippen molar-refractivity contribution in [3.8, 4) is 0 Å². The predicted octanol–water partition coefficient (Wildman–Crippen LogP) is 1.04. The van der Waals surface area contributed by atoms with Crippen molar-refractivity contribution in [1.29, 1.82) is 0 Å². The molecule has 0 radical (unpaired) electrons. The van der Waals surface area contributed by atoms with Crippen LogP contribution in [-0.4, -0.2) is 28.6 Å². The normalized spacial score (nSPS) is 11.5. The molecule has 7 nitrogen and oxygen atoms in total. The number of nitro groups is 1. The fourth-order valence-electron chi connectivity index (χ4n) is 1.52. The topological polar surface area (TPSA) is 110 Å². The summed E-state index contributed by atoms with van der Waals surface area (Å²) in [5, 5.41) is 10.8. The van der Waals surface area contributed by atoms with Gasteiger partial charge in [0.1, 0.15) is 0 Å². The number of rotatable bonds is 4. The van der Waals surface area contributed by atoms with Crippen molar-refractivity contribution < 1.29 is 17.9 Å². The van der Waals surface area contributed by atoms with Crippen LogP contribution in [0.5, 0.6) is 0 Å². The Hall–Kier alpha value is -1.54. The number of hydrogen-bond donors (Lipinski definition) is 1. The molecule has 0 aliphatic carbocycles. The number of nitrogens with zero attached hydrogens (tertiary/aromatic N) is 2. The fourth-order valence-corrected chi connectivity index (χ4v) is 1.98. The third-order valence-corrected chi connectivity index (χ3v) is 3.08. The Kier molecular flexibility index (Phi) is 3.79. The minimum atomic E-state index is -4.09. The molecule has 1 rings (SSSR count). The van der Waals surface area contributed by atoms with Crippen LogP contribution >= 0.6 is 0 Å². The lowest BCUT2D eigenvalue weighted by Gasteiger charge is -2.06. The molecule has 0 spiro atoms. The minimum Gasteiger partial charge on any atom is -0.286 e. The summed E-state index contributed by atoms with van der Waals surface area (Å²) >= 11 is 0. The Balaban J connectivity index is 3.11. The van der Waals surface area contributed by atoms with E-state index in [0.717, 1.165) is 0 Å². The highest BCUT2D eigenvalue weighted by molar-refractivity contribution is 7.85. The van der Waals surface area contributed by atoms with Gasteiger partial charge >= 0.3 is 0 Å². The van der Waals surface area contributed by atoms with Crippen LogP contribution in [-0.2, 0) is 16.5 Å². The van der Waals surface area contributed by atoms with Crippen LogP contribution in [0.2, 0.25) is 0 Å². The lowest BCUT2D eigenvalue weighted by Crippen LogP contribution is -2.10. The molecule has 0 atom stereocenters. The van der Waals surface area contributed by atoms with E-state index in [0.29, 0.717) is 16.8 Å². The van der Waals surface area contributed by atoms with Gasteiger partial charge in [-0.1, -0.05) is 0 Å². The highest BCUT2D eigenvalue weighted by Gasteiger charge is 2.19. The second-order valence-electron chi connectivity index (χ2n) is 3.65. The summed E-state index contributed by atoms with van der Waals surface area (Å²) in [6, 6.07) is 0. The molecule has 0 aliphatic rings. The lowest BCUT2D eigenvalue weighted by atomic mass is 10.1. The van der Waals surface area contributed by atoms with Crippen molar-refractivity contribution in [3.63, 3.8) is 0 Å². The highest BCUT2D eigenvalue weighted by atomic mass is 32.2. The van der Waals surface area contributed by atoms with E-state index in [4.69, 9.17) is 4.55 Å². The average molecular weight is 260 g/mol. The highest BCUT2D eigenvalue weighted by Crippen LogP contribution is 2.24. The fraction of sp³-hybridized carbons (Fsp3) is 0.444. The monoisotopic (exact) mass is 260 g/mol. The molecule has 0 amide bonds. The van der Waals surface area contributed by atoms with Crippen LogP contribution in [0.15, 0.2) is 6.20 Å². The summed E-state index contributed by atoms with van der Waals surface area (Å²) in [5.41, 5.74) is 0.993. The maximum Gasteiger partial charge on any atom is 0.278 e. The zero-order valence-corrected chi connectivity index (χ0v) is 10.2. The Bertz CT molecular complexity index is 553. The maximum absolute atomic E-state index is 10.8. The van der Waals surface area contributed by atoms with E-state index >= 15 is 0 Å². The molecule has 8 heteroatoms. The summed E-state index contributed by atoms with van der Waals surface area (Å²) in [6.07, 6.45) is 1.27. The molecule has 0 aromatic carbocycles. The van der Waals surface area contributed by atoms with Gasteiger partial charge in [-0.15, -0.1) is 0 Å². The summed E-state index contributed by atoms with van der Waals surface area (Å²) < 4.78 is 29.8.